The molecule has 0 aromatic heterocycles. The standard InChI is InChI=1S/C8H18N2OS/c1-6(2)10(12)7(11)9-8(3,4)5/h6,12H,1-5H3,(H,9,11). The van der Waals surface area contributed by atoms with Crippen LogP contribution < -0.4 is 5.32 Å². The molecule has 0 spiro atoms. The third-order valence-corrected chi connectivity index (χ3v) is 1.82. The number of rotatable bonds is 1. The highest BCUT2D eigenvalue weighted by Crippen LogP contribution is 2.05. The molecular formula is C8H18N2OS. The number of hydrogen-bond acceptors (Lipinski definition) is 2. The minimum Gasteiger partial charge on any atom is -0.333 e. The van der Waals surface area contributed by atoms with Gasteiger partial charge in [0.1, 0.15) is 0 Å². The van der Waals surface area contributed by atoms with E-state index < -0.39 is 0 Å². The number of hydrogen-bond donors (Lipinski definition) is 2. The molecular weight excluding hydrogens is 172 g/mol. The van der Waals surface area contributed by atoms with Crippen LogP contribution in [0.2, 0.25) is 0 Å². The summed E-state index contributed by atoms with van der Waals surface area (Å²) in [5.41, 5.74) is -0.201. The fraction of sp³-hybridized carbons (Fsp3) is 0.875. The van der Waals surface area contributed by atoms with Gasteiger partial charge in [-0.15, -0.1) is 0 Å². The summed E-state index contributed by atoms with van der Waals surface area (Å²) in [5.74, 6) is 0. The van der Waals surface area contributed by atoms with E-state index in [1.807, 2.05) is 34.6 Å². The minimum absolute atomic E-state index is 0.107. The Morgan fingerprint density at radius 3 is 2.08 bits per heavy atom. The van der Waals surface area contributed by atoms with Crippen molar-refractivity contribution in [3.8, 4) is 0 Å². The number of nitrogens with zero attached hydrogens (tertiary/aromatic N) is 1. The molecule has 3 nitrogen and oxygen atoms in total. The quantitative estimate of drug-likeness (QED) is 0.609. The topological polar surface area (TPSA) is 32.3 Å². The van der Waals surface area contributed by atoms with Crippen molar-refractivity contribution in [1.82, 2.24) is 9.62 Å². The van der Waals surface area contributed by atoms with Crippen LogP contribution in [0.4, 0.5) is 4.79 Å². The summed E-state index contributed by atoms with van der Waals surface area (Å²) >= 11 is 4.05. The molecule has 2 amide bonds. The van der Waals surface area contributed by atoms with Gasteiger partial charge >= 0.3 is 6.03 Å². The average Bonchev–Trinajstić information content (AvgIpc) is 1.82. The number of urea groups is 1. The van der Waals surface area contributed by atoms with E-state index in [1.165, 1.54) is 4.31 Å². The largest absolute Gasteiger partial charge is 0.333 e. The van der Waals surface area contributed by atoms with Crippen molar-refractivity contribution in [1.29, 1.82) is 0 Å². The number of carbonyl (C=O) groups is 1. The van der Waals surface area contributed by atoms with Crippen LogP contribution in [0.25, 0.3) is 0 Å². The molecule has 0 bridgehead atoms. The summed E-state index contributed by atoms with van der Waals surface area (Å²) in [6, 6.07) is -0.0449. The zero-order valence-electron chi connectivity index (χ0n) is 8.38. The second-order valence-corrected chi connectivity index (χ2v) is 4.55. The average molecular weight is 190 g/mol. The molecule has 0 aromatic rings. The molecule has 0 heterocycles. The maximum Gasteiger partial charge on any atom is 0.327 e. The summed E-state index contributed by atoms with van der Waals surface area (Å²) < 4.78 is 1.38. The highest BCUT2D eigenvalue weighted by atomic mass is 32.1. The first-order chi connectivity index (χ1) is 5.24. The van der Waals surface area contributed by atoms with E-state index in [1.54, 1.807) is 0 Å². The summed E-state index contributed by atoms with van der Waals surface area (Å²) in [6.45, 7) is 9.64. The Labute approximate surface area is 80.1 Å². The van der Waals surface area contributed by atoms with Gasteiger partial charge in [-0.3, -0.25) is 4.31 Å². The van der Waals surface area contributed by atoms with Gasteiger partial charge in [0.05, 0.1) is 0 Å². The third kappa shape index (κ3) is 4.49. The summed E-state index contributed by atoms with van der Waals surface area (Å²) in [6.07, 6.45) is 0. The van der Waals surface area contributed by atoms with Crippen LogP contribution in [0.15, 0.2) is 0 Å². The number of carbonyl (C=O) groups excluding carboxylic acids is 1. The smallest absolute Gasteiger partial charge is 0.327 e. The van der Waals surface area contributed by atoms with Crippen LogP contribution in [0.3, 0.4) is 0 Å². The lowest BCUT2D eigenvalue weighted by Crippen LogP contribution is -2.47. The third-order valence-electron chi connectivity index (χ3n) is 1.18. The molecule has 0 saturated carbocycles. The van der Waals surface area contributed by atoms with Crippen LogP contribution in [0, 0.1) is 0 Å². The first kappa shape index (κ1) is 11.6. The lowest BCUT2D eigenvalue weighted by Gasteiger charge is -2.26. The normalized spacial score (nSPS) is 11.6. The first-order valence-electron chi connectivity index (χ1n) is 4.04. The fourth-order valence-electron chi connectivity index (χ4n) is 0.613. The first-order valence-corrected chi connectivity index (χ1v) is 4.44. The predicted octanol–water partition coefficient (Wildman–Crippen LogP) is 2.05. The Morgan fingerprint density at radius 1 is 1.42 bits per heavy atom. The van der Waals surface area contributed by atoms with Gasteiger partial charge in [0, 0.05) is 11.6 Å². The van der Waals surface area contributed by atoms with Crippen molar-refractivity contribution in [2.75, 3.05) is 0 Å². The monoisotopic (exact) mass is 190 g/mol. The summed E-state index contributed by atoms with van der Waals surface area (Å²) in [4.78, 5) is 11.3. The van der Waals surface area contributed by atoms with E-state index in [9.17, 15) is 4.79 Å². The van der Waals surface area contributed by atoms with Gasteiger partial charge < -0.3 is 5.32 Å². The van der Waals surface area contributed by atoms with Gasteiger partial charge in [-0.2, -0.15) is 0 Å². The van der Waals surface area contributed by atoms with Crippen LogP contribution in [-0.4, -0.2) is 21.9 Å². The number of amides is 2. The molecule has 0 aliphatic carbocycles. The molecule has 4 heteroatoms. The molecule has 0 unspecified atom stereocenters. The van der Waals surface area contributed by atoms with Crippen LogP contribution in [0.1, 0.15) is 34.6 Å². The van der Waals surface area contributed by atoms with Crippen molar-refractivity contribution in [2.45, 2.75) is 46.2 Å². The van der Waals surface area contributed by atoms with E-state index in [-0.39, 0.29) is 17.6 Å². The Hall–Kier alpha value is -0.380. The van der Waals surface area contributed by atoms with Gasteiger partial charge in [0.15, 0.2) is 0 Å². The molecule has 0 rings (SSSR count). The molecule has 0 radical (unpaired) electrons. The second-order valence-electron chi connectivity index (χ2n) is 4.12. The molecule has 1 N–H and O–H groups in total. The molecule has 12 heavy (non-hydrogen) atoms. The van der Waals surface area contributed by atoms with Crippen LogP contribution in [0.5, 0.6) is 0 Å². The van der Waals surface area contributed by atoms with Crippen molar-refractivity contribution < 1.29 is 4.79 Å². The Bertz CT molecular complexity index is 163. The maximum atomic E-state index is 11.3. The van der Waals surface area contributed by atoms with E-state index in [4.69, 9.17) is 0 Å². The Morgan fingerprint density at radius 2 is 1.83 bits per heavy atom. The SMILES string of the molecule is CC(C)N(S)C(=O)NC(C)(C)C. The molecule has 72 valence electrons. The van der Waals surface area contributed by atoms with Gasteiger partial charge in [-0.1, -0.05) is 12.8 Å². The Kier molecular flexibility index (Phi) is 3.90. The second kappa shape index (κ2) is 4.03. The lowest BCUT2D eigenvalue weighted by atomic mass is 10.1. The van der Waals surface area contributed by atoms with E-state index in [2.05, 4.69) is 18.1 Å². The van der Waals surface area contributed by atoms with E-state index in [0.29, 0.717) is 0 Å². The number of thiol groups is 1. The van der Waals surface area contributed by atoms with E-state index in [0.717, 1.165) is 0 Å². The van der Waals surface area contributed by atoms with Crippen LogP contribution >= 0.6 is 12.8 Å². The number of nitrogens with one attached hydrogen (secondary N) is 1. The summed E-state index contributed by atoms with van der Waals surface area (Å²) in [7, 11) is 0. The maximum absolute atomic E-state index is 11.3. The summed E-state index contributed by atoms with van der Waals surface area (Å²) in [5, 5.41) is 2.81. The minimum atomic E-state index is -0.201. The van der Waals surface area contributed by atoms with Crippen molar-refractivity contribution in [3.63, 3.8) is 0 Å². The molecule has 0 saturated heterocycles. The molecule has 0 atom stereocenters. The lowest BCUT2D eigenvalue weighted by molar-refractivity contribution is 0.211. The molecule has 0 aromatic carbocycles. The van der Waals surface area contributed by atoms with Gasteiger partial charge in [0.2, 0.25) is 0 Å². The van der Waals surface area contributed by atoms with Crippen molar-refractivity contribution in [3.05, 3.63) is 0 Å². The highest BCUT2D eigenvalue weighted by Gasteiger charge is 2.18. The molecule has 0 aliphatic rings. The van der Waals surface area contributed by atoms with E-state index >= 15 is 0 Å². The van der Waals surface area contributed by atoms with Gasteiger partial charge in [0.25, 0.3) is 0 Å². The Balaban J connectivity index is 4.05. The molecule has 0 fully saturated rings. The van der Waals surface area contributed by atoms with Crippen molar-refractivity contribution >= 4 is 18.8 Å². The predicted molar refractivity (Wildman–Crippen MR) is 54.2 cm³/mol. The zero-order chi connectivity index (χ0) is 9.94. The fourth-order valence-corrected chi connectivity index (χ4v) is 0.663. The van der Waals surface area contributed by atoms with Crippen molar-refractivity contribution in [2.24, 2.45) is 0 Å². The molecule has 0 aliphatic heterocycles. The van der Waals surface area contributed by atoms with Gasteiger partial charge in [-0.05, 0) is 34.6 Å². The van der Waals surface area contributed by atoms with Gasteiger partial charge in [-0.25, -0.2) is 4.79 Å². The highest BCUT2D eigenvalue weighted by molar-refractivity contribution is 7.78. The zero-order valence-corrected chi connectivity index (χ0v) is 9.27. The van der Waals surface area contributed by atoms with Crippen LogP contribution in [-0.2, 0) is 0 Å².